The highest BCUT2D eigenvalue weighted by Crippen LogP contribution is 2.35. The van der Waals surface area contributed by atoms with Crippen molar-refractivity contribution in [3.63, 3.8) is 0 Å². The Labute approximate surface area is 121 Å². The van der Waals surface area contributed by atoms with Crippen molar-refractivity contribution >= 4 is 11.8 Å². The van der Waals surface area contributed by atoms with Gasteiger partial charge in [-0.2, -0.15) is 11.8 Å². The summed E-state index contributed by atoms with van der Waals surface area (Å²) in [7, 11) is 0. The van der Waals surface area contributed by atoms with Gasteiger partial charge in [0, 0.05) is 4.75 Å². The van der Waals surface area contributed by atoms with Gasteiger partial charge in [-0.05, 0) is 36.3 Å². The fourth-order valence-electron chi connectivity index (χ4n) is 2.53. The second kappa shape index (κ2) is 9.28. The minimum atomic E-state index is 0.453. The molecule has 2 unspecified atom stereocenters. The Morgan fingerprint density at radius 2 is 1.61 bits per heavy atom. The largest absolute Gasteiger partial charge is 0.156 e. The van der Waals surface area contributed by atoms with E-state index >= 15 is 0 Å². The maximum absolute atomic E-state index is 2.43. The third-order valence-corrected chi connectivity index (χ3v) is 5.63. The zero-order valence-corrected chi connectivity index (χ0v) is 14.7. The van der Waals surface area contributed by atoms with E-state index in [2.05, 4.69) is 60.2 Å². The van der Waals surface area contributed by atoms with Crippen molar-refractivity contribution in [2.24, 2.45) is 17.8 Å². The van der Waals surface area contributed by atoms with Gasteiger partial charge in [-0.1, -0.05) is 67.7 Å². The fourth-order valence-corrected chi connectivity index (χ4v) is 3.92. The van der Waals surface area contributed by atoms with Crippen LogP contribution in [0.25, 0.3) is 0 Å². The molecule has 0 aliphatic rings. The van der Waals surface area contributed by atoms with Gasteiger partial charge in [0.15, 0.2) is 0 Å². The van der Waals surface area contributed by atoms with Crippen molar-refractivity contribution in [1.29, 1.82) is 0 Å². The van der Waals surface area contributed by atoms with Gasteiger partial charge in [0.1, 0.15) is 0 Å². The molecular formula is C17H36S. The fraction of sp³-hybridized carbons (Fsp3) is 1.00. The van der Waals surface area contributed by atoms with E-state index in [1.54, 1.807) is 0 Å². The predicted octanol–water partition coefficient (Wildman–Crippen LogP) is 6.40. The monoisotopic (exact) mass is 272 g/mol. The van der Waals surface area contributed by atoms with E-state index in [-0.39, 0.29) is 0 Å². The molecule has 0 heterocycles. The first-order valence-corrected chi connectivity index (χ1v) is 8.94. The van der Waals surface area contributed by atoms with Crippen LogP contribution in [0.15, 0.2) is 0 Å². The first kappa shape index (κ1) is 18.4. The van der Waals surface area contributed by atoms with Crippen LogP contribution in [0.3, 0.4) is 0 Å². The van der Waals surface area contributed by atoms with Crippen LogP contribution in [0.2, 0.25) is 0 Å². The van der Waals surface area contributed by atoms with E-state index in [0.29, 0.717) is 4.75 Å². The molecule has 0 nitrogen and oxygen atoms in total. The van der Waals surface area contributed by atoms with Crippen LogP contribution in [0.4, 0.5) is 0 Å². The maximum atomic E-state index is 2.43. The molecular weight excluding hydrogens is 236 g/mol. The van der Waals surface area contributed by atoms with Crippen molar-refractivity contribution in [2.75, 3.05) is 5.75 Å². The van der Waals surface area contributed by atoms with E-state index < -0.39 is 0 Å². The van der Waals surface area contributed by atoms with Crippen molar-refractivity contribution in [2.45, 2.75) is 85.3 Å². The van der Waals surface area contributed by atoms with Crippen LogP contribution in [0.5, 0.6) is 0 Å². The summed E-state index contributed by atoms with van der Waals surface area (Å²) in [6.45, 7) is 16.6. The summed E-state index contributed by atoms with van der Waals surface area (Å²) in [5.74, 6) is 3.95. The molecule has 18 heavy (non-hydrogen) atoms. The summed E-state index contributed by atoms with van der Waals surface area (Å²) in [6.07, 6.45) is 6.88. The number of rotatable bonds is 10. The highest BCUT2D eigenvalue weighted by Gasteiger charge is 2.23. The molecule has 2 atom stereocenters. The SMILES string of the molecule is CCCC(CC)CCSC(C)(C)CC(C)C(C)C. The lowest BCUT2D eigenvalue weighted by molar-refractivity contribution is 0.360. The van der Waals surface area contributed by atoms with E-state index in [0.717, 1.165) is 17.8 Å². The zero-order chi connectivity index (χ0) is 14.2. The van der Waals surface area contributed by atoms with Gasteiger partial charge in [0.25, 0.3) is 0 Å². The average Bonchev–Trinajstić information content (AvgIpc) is 2.26. The van der Waals surface area contributed by atoms with Crippen LogP contribution in [-0.4, -0.2) is 10.5 Å². The lowest BCUT2D eigenvalue weighted by Crippen LogP contribution is -2.22. The summed E-state index contributed by atoms with van der Waals surface area (Å²) < 4.78 is 0.453. The predicted molar refractivity (Wildman–Crippen MR) is 88.5 cm³/mol. The Bertz CT molecular complexity index is 196. The van der Waals surface area contributed by atoms with Crippen LogP contribution < -0.4 is 0 Å². The van der Waals surface area contributed by atoms with E-state index in [1.165, 1.54) is 37.9 Å². The molecule has 110 valence electrons. The minimum Gasteiger partial charge on any atom is -0.156 e. The highest BCUT2D eigenvalue weighted by atomic mass is 32.2. The summed E-state index contributed by atoms with van der Waals surface area (Å²) in [5.41, 5.74) is 0. The molecule has 0 saturated heterocycles. The molecule has 0 aromatic heterocycles. The standard InChI is InChI=1S/C17H36S/c1-8-10-16(9-2)11-12-18-17(6,7)13-15(5)14(3)4/h14-16H,8-13H2,1-7H3. The van der Waals surface area contributed by atoms with Gasteiger partial charge in [0.05, 0.1) is 0 Å². The lowest BCUT2D eigenvalue weighted by atomic mass is 9.89. The van der Waals surface area contributed by atoms with Gasteiger partial charge in [-0.15, -0.1) is 0 Å². The second-order valence-corrected chi connectivity index (χ2v) is 8.69. The average molecular weight is 273 g/mol. The van der Waals surface area contributed by atoms with Crippen molar-refractivity contribution < 1.29 is 0 Å². The highest BCUT2D eigenvalue weighted by molar-refractivity contribution is 8.00. The Balaban J connectivity index is 3.95. The van der Waals surface area contributed by atoms with Crippen LogP contribution in [-0.2, 0) is 0 Å². The van der Waals surface area contributed by atoms with Crippen LogP contribution in [0, 0.1) is 17.8 Å². The van der Waals surface area contributed by atoms with E-state index in [4.69, 9.17) is 0 Å². The van der Waals surface area contributed by atoms with Gasteiger partial charge < -0.3 is 0 Å². The molecule has 0 aromatic rings. The normalized spacial score (nSPS) is 16.0. The quantitative estimate of drug-likeness (QED) is 0.443. The Kier molecular flexibility index (Phi) is 9.47. The van der Waals surface area contributed by atoms with E-state index in [9.17, 15) is 0 Å². The number of hydrogen-bond donors (Lipinski definition) is 0. The molecule has 0 aromatic carbocycles. The number of thioether (sulfide) groups is 1. The smallest absolute Gasteiger partial charge is 0.0106 e. The first-order chi connectivity index (χ1) is 8.32. The van der Waals surface area contributed by atoms with Gasteiger partial charge >= 0.3 is 0 Å². The molecule has 0 aliphatic heterocycles. The Hall–Kier alpha value is 0.350. The van der Waals surface area contributed by atoms with Crippen molar-refractivity contribution in [3.8, 4) is 0 Å². The summed E-state index contributed by atoms with van der Waals surface area (Å²) >= 11 is 2.19. The molecule has 0 bridgehead atoms. The summed E-state index contributed by atoms with van der Waals surface area (Å²) in [4.78, 5) is 0. The molecule has 0 fully saturated rings. The zero-order valence-electron chi connectivity index (χ0n) is 13.9. The van der Waals surface area contributed by atoms with Crippen molar-refractivity contribution in [1.82, 2.24) is 0 Å². The molecule has 0 saturated carbocycles. The first-order valence-electron chi connectivity index (χ1n) is 7.96. The third-order valence-electron chi connectivity index (χ3n) is 4.24. The molecule has 0 radical (unpaired) electrons. The molecule has 0 rings (SSSR count). The Morgan fingerprint density at radius 1 is 1.00 bits per heavy atom. The minimum absolute atomic E-state index is 0.453. The van der Waals surface area contributed by atoms with Crippen molar-refractivity contribution in [3.05, 3.63) is 0 Å². The van der Waals surface area contributed by atoms with Gasteiger partial charge in [-0.3, -0.25) is 0 Å². The summed E-state index contributed by atoms with van der Waals surface area (Å²) in [5, 5.41) is 0. The number of hydrogen-bond acceptors (Lipinski definition) is 1. The third kappa shape index (κ3) is 8.45. The molecule has 0 spiro atoms. The molecule has 0 N–H and O–H groups in total. The van der Waals surface area contributed by atoms with Crippen LogP contribution in [0.1, 0.15) is 80.6 Å². The van der Waals surface area contributed by atoms with E-state index in [1.807, 2.05) is 0 Å². The maximum Gasteiger partial charge on any atom is 0.0106 e. The Morgan fingerprint density at radius 3 is 2.06 bits per heavy atom. The lowest BCUT2D eigenvalue weighted by Gasteiger charge is -2.30. The molecule has 0 aliphatic carbocycles. The van der Waals surface area contributed by atoms with Gasteiger partial charge in [0.2, 0.25) is 0 Å². The summed E-state index contributed by atoms with van der Waals surface area (Å²) in [6, 6.07) is 0. The molecule has 0 amide bonds. The second-order valence-electron chi connectivity index (χ2n) is 6.89. The van der Waals surface area contributed by atoms with Gasteiger partial charge in [-0.25, -0.2) is 0 Å². The topological polar surface area (TPSA) is 0 Å². The van der Waals surface area contributed by atoms with Crippen LogP contribution >= 0.6 is 11.8 Å². The molecule has 1 heteroatoms.